The molecule has 0 fully saturated rings. The van der Waals surface area contributed by atoms with Crippen LogP contribution in [0.2, 0.25) is 0 Å². The van der Waals surface area contributed by atoms with E-state index in [2.05, 4.69) is 36.6 Å². The number of ether oxygens (including phenoxy) is 1. The Balaban J connectivity index is 1.61. The predicted molar refractivity (Wildman–Crippen MR) is 110 cm³/mol. The molecule has 0 amide bonds. The van der Waals surface area contributed by atoms with Crippen molar-refractivity contribution in [2.24, 2.45) is 0 Å². The molecule has 0 aliphatic rings. The topological polar surface area (TPSA) is 27.1 Å². The van der Waals surface area contributed by atoms with E-state index in [1.54, 1.807) is 0 Å². The molecule has 0 radical (unpaired) electrons. The second-order valence-electron chi connectivity index (χ2n) is 7.24. The molecule has 5 heteroatoms. The summed E-state index contributed by atoms with van der Waals surface area (Å²) in [5, 5.41) is 0. The van der Waals surface area contributed by atoms with Crippen molar-refractivity contribution in [1.29, 1.82) is 0 Å². The number of aryl methyl sites for hydroxylation is 2. The van der Waals surface area contributed by atoms with Gasteiger partial charge in [0.25, 0.3) is 0 Å². The smallest absolute Gasteiger partial charge is 0.164 e. The first-order valence-electron chi connectivity index (χ1n) is 9.54. The van der Waals surface area contributed by atoms with Crippen LogP contribution in [0.5, 0.6) is 0 Å². The summed E-state index contributed by atoms with van der Waals surface area (Å²) in [6, 6.07) is 18.4. The number of fused-ring (bicyclic) bond motifs is 1. The van der Waals surface area contributed by atoms with Crippen LogP contribution in [0.1, 0.15) is 28.1 Å². The lowest BCUT2D eigenvalue weighted by Crippen LogP contribution is -2.09. The molecule has 1 heterocycles. The van der Waals surface area contributed by atoms with Crippen molar-refractivity contribution in [3.63, 3.8) is 0 Å². The van der Waals surface area contributed by atoms with Crippen LogP contribution in [0, 0.1) is 25.5 Å². The Kier molecular flexibility index (Phi) is 5.41. The third kappa shape index (κ3) is 4.05. The summed E-state index contributed by atoms with van der Waals surface area (Å²) in [6.07, 6.45) is 0. The minimum atomic E-state index is -0.867. The summed E-state index contributed by atoms with van der Waals surface area (Å²) in [6.45, 7) is 5.02. The van der Waals surface area contributed by atoms with Crippen molar-refractivity contribution < 1.29 is 13.5 Å². The first kappa shape index (κ1) is 19.3. The highest BCUT2D eigenvalue weighted by atomic mass is 19.2. The molecule has 0 N–H and O–H groups in total. The molecule has 148 valence electrons. The molecule has 3 nitrogen and oxygen atoms in total. The van der Waals surface area contributed by atoms with Gasteiger partial charge in [0.15, 0.2) is 11.6 Å². The lowest BCUT2D eigenvalue weighted by Gasteiger charge is -2.13. The van der Waals surface area contributed by atoms with Gasteiger partial charge in [0.1, 0.15) is 12.4 Å². The number of para-hydroxylation sites is 2. The summed E-state index contributed by atoms with van der Waals surface area (Å²) in [5.41, 5.74) is 5.72. The van der Waals surface area contributed by atoms with Crippen LogP contribution < -0.4 is 0 Å². The Morgan fingerprint density at radius 2 is 1.72 bits per heavy atom. The van der Waals surface area contributed by atoms with Crippen LogP contribution in [0.15, 0.2) is 60.7 Å². The highest BCUT2D eigenvalue weighted by Gasteiger charge is 2.13. The number of hydrogen-bond donors (Lipinski definition) is 0. The fraction of sp³-hybridized carbons (Fsp3) is 0.208. The Morgan fingerprint density at radius 1 is 0.897 bits per heavy atom. The van der Waals surface area contributed by atoms with Crippen LogP contribution in [0.4, 0.5) is 8.78 Å². The van der Waals surface area contributed by atoms with E-state index in [0.717, 1.165) is 22.9 Å². The molecule has 4 aromatic rings. The third-order valence-electron chi connectivity index (χ3n) is 5.09. The van der Waals surface area contributed by atoms with Gasteiger partial charge in [-0.1, -0.05) is 48.0 Å². The van der Waals surface area contributed by atoms with Gasteiger partial charge in [-0.3, -0.25) is 0 Å². The first-order valence-corrected chi connectivity index (χ1v) is 9.54. The maximum absolute atomic E-state index is 13.9. The summed E-state index contributed by atoms with van der Waals surface area (Å²) >= 11 is 0. The van der Waals surface area contributed by atoms with Gasteiger partial charge in [0.2, 0.25) is 0 Å². The molecule has 0 atom stereocenters. The quantitative estimate of drug-likeness (QED) is 0.421. The van der Waals surface area contributed by atoms with Crippen molar-refractivity contribution in [3.05, 3.63) is 100 Å². The van der Waals surface area contributed by atoms with Gasteiger partial charge in [0, 0.05) is 12.1 Å². The average molecular weight is 392 g/mol. The number of imidazole rings is 1. The van der Waals surface area contributed by atoms with Crippen LogP contribution in [-0.4, -0.2) is 9.55 Å². The largest absolute Gasteiger partial charge is 0.369 e. The molecule has 29 heavy (non-hydrogen) atoms. The van der Waals surface area contributed by atoms with E-state index >= 15 is 0 Å². The summed E-state index contributed by atoms with van der Waals surface area (Å²) in [7, 11) is 0. The molecule has 0 spiro atoms. The SMILES string of the molecule is Cc1ccc(C)c(Cn2c(COCc3cccc(F)c3F)nc3ccccc32)c1. The molecule has 0 unspecified atom stereocenters. The Labute approximate surface area is 168 Å². The van der Waals surface area contributed by atoms with Crippen molar-refractivity contribution in [2.75, 3.05) is 0 Å². The summed E-state index contributed by atoms with van der Waals surface area (Å²) in [5.74, 6) is -0.978. The van der Waals surface area contributed by atoms with E-state index in [1.807, 2.05) is 24.3 Å². The Morgan fingerprint density at radius 3 is 2.59 bits per heavy atom. The highest BCUT2D eigenvalue weighted by Crippen LogP contribution is 2.21. The van der Waals surface area contributed by atoms with Crippen LogP contribution in [-0.2, 0) is 24.5 Å². The second kappa shape index (κ2) is 8.13. The van der Waals surface area contributed by atoms with Gasteiger partial charge in [-0.2, -0.15) is 0 Å². The predicted octanol–water partition coefficient (Wildman–Crippen LogP) is 5.70. The van der Waals surface area contributed by atoms with E-state index in [1.165, 1.54) is 28.8 Å². The van der Waals surface area contributed by atoms with Gasteiger partial charge >= 0.3 is 0 Å². The molecule has 4 rings (SSSR count). The molecule has 1 aromatic heterocycles. The standard InChI is InChI=1S/C24H22F2N2O/c1-16-10-11-17(2)19(12-16)13-28-22-9-4-3-8-21(22)27-23(28)15-29-14-18-6-5-7-20(25)24(18)26/h3-12H,13-15H2,1-2H3. The maximum Gasteiger partial charge on any atom is 0.164 e. The number of nitrogens with zero attached hydrogens (tertiary/aromatic N) is 2. The van der Waals surface area contributed by atoms with Gasteiger partial charge in [0.05, 0.1) is 17.6 Å². The highest BCUT2D eigenvalue weighted by molar-refractivity contribution is 5.76. The molecule has 0 aliphatic carbocycles. The minimum absolute atomic E-state index is 0.0176. The van der Waals surface area contributed by atoms with Crippen LogP contribution >= 0.6 is 0 Å². The van der Waals surface area contributed by atoms with Gasteiger partial charge in [-0.15, -0.1) is 0 Å². The van der Waals surface area contributed by atoms with E-state index < -0.39 is 11.6 Å². The number of aromatic nitrogens is 2. The van der Waals surface area contributed by atoms with Crippen molar-refractivity contribution in [2.45, 2.75) is 33.6 Å². The van der Waals surface area contributed by atoms with Crippen LogP contribution in [0.25, 0.3) is 11.0 Å². The Hall–Kier alpha value is -3.05. The monoisotopic (exact) mass is 392 g/mol. The summed E-state index contributed by atoms with van der Waals surface area (Å²) < 4.78 is 35.1. The molecule has 0 bridgehead atoms. The Bertz CT molecular complexity index is 1170. The molecule has 0 saturated heterocycles. The van der Waals surface area contributed by atoms with Crippen LogP contribution in [0.3, 0.4) is 0 Å². The lowest BCUT2D eigenvalue weighted by atomic mass is 10.1. The van der Waals surface area contributed by atoms with E-state index in [-0.39, 0.29) is 18.8 Å². The number of rotatable bonds is 6. The van der Waals surface area contributed by atoms with E-state index in [9.17, 15) is 8.78 Å². The number of halogens is 2. The van der Waals surface area contributed by atoms with Crippen molar-refractivity contribution in [3.8, 4) is 0 Å². The zero-order valence-electron chi connectivity index (χ0n) is 16.5. The van der Waals surface area contributed by atoms with E-state index in [0.29, 0.717) is 6.54 Å². The second-order valence-corrected chi connectivity index (χ2v) is 7.24. The maximum atomic E-state index is 13.9. The molecular formula is C24H22F2N2O. The molecule has 0 saturated carbocycles. The molecule has 0 aliphatic heterocycles. The zero-order valence-corrected chi connectivity index (χ0v) is 16.5. The average Bonchev–Trinajstić information content (AvgIpc) is 3.05. The van der Waals surface area contributed by atoms with Gasteiger partial charge in [-0.25, -0.2) is 13.8 Å². The first-order chi connectivity index (χ1) is 14.0. The van der Waals surface area contributed by atoms with Gasteiger partial charge in [-0.05, 0) is 43.2 Å². The number of hydrogen-bond acceptors (Lipinski definition) is 2. The lowest BCUT2D eigenvalue weighted by molar-refractivity contribution is 0.0972. The van der Waals surface area contributed by atoms with Gasteiger partial charge < -0.3 is 9.30 Å². The molecule has 3 aromatic carbocycles. The normalized spacial score (nSPS) is 11.3. The zero-order chi connectivity index (χ0) is 20.4. The fourth-order valence-electron chi connectivity index (χ4n) is 3.47. The number of benzene rings is 3. The van der Waals surface area contributed by atoms with Crippen molar-refractivity contribution >= 4 is 11.0 Å². The third-order valence-corrected chi connectivity index (χ3v) is 5.09. The van der Waals surface area contributed by atoms with Crippen molar-refractivity contribution in [1.82, 2.24) is 9.55 Å². The molecular weight excluding hydrogens is 370 g/mol. The fourth-order valence-corrected chi connectivity index (χ4v) is 3.47. The summed E-state index contributed by atoms with van der Waals surface area (Å²) in [4.78, 5) is 4.70. The van der Waals surface area contributed by atoms with E-state index in [4.69, 9.17) is 9.72 Å². The minimum Gasteiger partial charge on any atom is -0.369 e.